The molecule has 106 valence electrons. The quantitative estimate of drug-likeness (QED) is 0.517. The Labute approximate surface area is 127 Å². The largest absolute Gasteiger partial charge is 0.328 e. The molecule has 0 atom stereocenters. The fourth-order valence-corrected chi connectivity index (χ4v) is 3.17. The molecule has 0 aliphatic carbocycles. The molecule has 0 aliphatic heterocycles. The van der Waals surface area contributed by atoms with E-state index in [4.69, 9.17) is 0 Å². The van der Waals surface area contributed by atoms with Gasteiger partial charge in [0.15, 0.2) is 6.29 Å². The zero-order valence-corrected chi connectivity index (χ0v) is 12.2. The number of carbonyl (C=O) groups excluding carboxylic acids is 1. The number of fused-ring (bicyclic) bond motifs is 2. The SMILES string of the molecule is Cn1c(-c2cccc3ccccc23)c(C=O)c2cccnc21. The molecule has 22 heavy (non-hydrogen) atoms. The van der Waals surface area contributed by atoms with Gasteiger partial charge in [0, 0.05) is 29.8 Å². The van der Waals surface area contributed by atoms with Crippen LogP contribution in [0.2, 0.25) is 0 Å². The lowest BCUT2D eigenvalue weighted by Crippen LogP contribution is -1.95. The molecule has 0 bridgehead atoms. The van der Waals surface area contributed by atoms with Crippen LogP contribution in [0.25, 0.3) is 33.1 Å². The Bertz CT molecular complexity index is 1010. The van der Waals surface area contributed by atoms with E-state index in [2.05, 4.69) is 29.2 Å². The second-order valence-electron chi connectivity index (χ2n) is 5.34. The molecule has 0 saturated carbocycles. The van der Waals surface area contributed by atoms with Gasteiger partial charge < -0.3 is 4.57 Å². The van der Waals surface area contributed by atoms with Gasteiger partial charge >= 0.3 is 0 Å². The fraction of sp³-hybridized carbons (Fsp3) is 0.0526. The van der Waals surface area contributed by atoms with Crippen LogP contribution in [-0.4, -0.2) is 15.8 Å². The predicted molar refractivity (Wildman–Crippen MR) is 89.0 cm³/mol. The van der Waals surface area contributed by atoms with Crippen molar-refractivity contribution in [2.75, 3.05) is 0 Å². The molecule has 0 radical (unpaired) electrons. The maximum atomic E-state index is 11.7. The van der Waals surface area contributed by atoms with Crippen molar-refractivity contribution in [1.29, 1.82) is 0 Å². The summed E-state index contributed by atoms with van der Waals surface area (Å²) in [5.41, 5.74) is 3.50. The highest BCUT2D eigenvalue weighted by Crippen LogP contribution is 2.35. The summed E-state index contributed by atoms with van der Waals surface area (Å²) >= 11 is 0. The lowest BCUT2D eigenvalue weighted by molar-refractivity contribution is 0.112. The van der Waals surface area contributed by atoms with Crippen molar-refractivity contribution < 1.29 is 4.79 Å². The van der Waals surface area contributed by atoms with Crippen molar-refractivity contribution in [2.45, 2.75) is 0 Å². The lowest BCUT2D eigenvalue weighted by atomic mass is 9.99. The first-order chi connectivity index (χ1) is 10.8. The van der Waals surface area contributed by atoms with Crippen LogP contribution in [0.4, 0.5) is 0 Å². The number of rotatable bonds is 2. The van der Waals surface area contributed by atoms with Gasteiger partial charge in [-0.25, -0.2) is 4.98 Å². The summed E-state index contributed by atoms with van der Waals surface area (Å²) in [6.07, 6.45) is 2.69. The molecule has 4 rings (SSSR count). The van der Waals surface area contributed by atoms with Gasteiger partial charge in [-0.2, -0.15) is 0 Å². The molecule has 0 amide bonds. The Hall–Kier alpha value is -2.94. The molecule has 4 aromatic rings. The molecule has 0 spiro atoms. The summed E-state index contributed by atoms with van der Waals surface area (Å²) in [5, 5.41) is 3.19. The molecule has 0 unspecified atom stereocenters. The van der Waals surface area contributed by atoms with E-state index in [1.54, 1.807) is 6.20 Å². The highest BCUT2D eigenvalue weighted by atomic mass is 16.1. The number of hydrogen-bond donors (Lipinski definition) is 0. The molecule has 0 fully saturated rings. The topological polar surface area (TPSA) is 34.9 Å². The Kier molecular flexibility index (Phi) is 2.79. The molecule has 0 N–H and O–H groups in total. The third-order valence-electron chi connectivity index (χ3n) is 4.15. The van der Waals surface area contributed by atoms with E-state index in [0.717, 1.165) is 39.3 Å². The van der Waals surface area contributed by atoms with Crippen molar-refractivity contribution >= 4 is 28.1 Å². The zero-order chi connectivity index (χ0) is 15.1. The highest BCUT2D eigenvalue weighted by Gasteiger charge is 2.18. The molecule has 2 aromatic heterocycles. The van der Waals surface area contributed by atoms with Crippen LogP contribution >= 0.6 is 0 Å². The summed E-state index contributed by atoms with van der Waals surface area (Å²) in [4.78, 5) is 16.1. The first kappa shape index (κ1) is 12.8. The van der Waals surface area contributed by atoms with Gasteiger partial charge in [-0.3, -0.25) is 4.79 Å². The number of hydrogen-bond acceptors (Lipinski definition) is 2. The number of carbonyl (C=O) groups is 1. The van der Waals surface area contributed by atoms with Crippen LogP contribution in [0.3, 0.4) is 0 Å². The second-order valence-corrected chi connectivity index (χ2v) is 5.34. The number of aldehydes is 1. The molecular formula is C19H14N2O. The van der Waals surface area contributed by atoms with Crippen LogP contribution in [0, 0.1) is 0 Å². The third-order valence-corrected chi connectivity index (χ3v) is 4.15. The van der Waals surface area contributed by atoms with Crippen molar-refractivity contribution in [3.63, 3.8) is 0 Å². The van der Waals surface area contributed by atoms with Crippen molar-refractivity contribution in [1.82, 2.24) is 9.55 Å². The van der Waals surface area contributed by atoms with Crippen LogP contribution in [0.5, 0.6) is 0 Å². The van der Waals surface area contributed by atoms with Crippen LogP contribution in [0.15, 0.2) is 60.8 Å². The summed E-state index contributed by atoms with van der Waals surface area (Å²) in [5.74, 6) is 0. The molecule has 0 saturated heterocycles. The van der Waals surface area contributed by atoms with Crippen molar-refractivity contribution in [2.24, 2.45) is 7.05 Å². The maximum absolute atomic E-state index is 11.7. The minimum Gasteiger partial charge on any atom is -0.328 e. The zero-order valence-electron chi connectivity index (χ0n) is 12.2. The average Bonchev–Trinajstić information content (AvgIpc) is 2.87. The number of aryl methyl sites for hydroxylation is 1. The maximum Gasteiger partial charge on any atom is 0.152 e. The minimum atomic E-state index is 0.696. The standard InChI is InChI=1S/C19H14N2O/c1-21-18(17(12-22)16-10-5-11-20-19(16)21)15-9-4-7-13-6-2-3-8-14(13)15/h2-12H,1H3. The Morgan fingerprint density at radius 1 is 0.955 bits per heavy atom. The van der Waals surface area contributed by atoms with E-state index >= 15 is 0 Å². The first-order valence-electron chi connectivity index (χ1n) is 7.18. The Morgan fingerprint density at radius 3 is 2.59 bits per heavy atom. The van der Waals surface area contributed by atoms with Gasteiger partial charge in [-0.05, 0) is 22.9 Å². The van der Waals surface area contributed by atoms with Crippen molar-refractivity contribution in [3.8, 4) is 11.3 Å². The molecule has 3 nitrogen and oxygen atoms in total. The van der Waals surface area contributed by atoms with Crippen LogP contribution < -0.4 is 0 Å². The van der Waals surface area contributed by atoms with E-state index < -0.39 is 0 Å². The Balaban J connectivity index is 2.17. The summed E-state index contributed by atoms with van der Waals surface area (Å²) in [6.45, 7) is 0. The van der Waals surface area contributed by atoms with E-state index in [9.17, 15) is 4.79 Å². The number of nitrogens with zero attached hydrogens (tertiary/aromatic N) is 2. The second kappa shape index (κ2) is 4.81. The van der Waals surface area contributed by atoms with Gasteiger partial charge in [0.1, 0.15) is 5.65 Å². The molecule has 0 aliphatic rings. The third kappa shape index (κ3) is 1.69. The summed E-state index contributed by atoms with van der Waals surface area (Å²) in [7, 11) is 1.96. The van der Waals surface area contributed by atoms with E-state index in [1.165, 1.54) is 0 Å². The Morgan fingerprint density at radius 2 is 1.73 bits per heavy atom. The number of benzene rings is 2. The highest BCUT2D eigenvalue weighted by molar-refractivity contribution is 6.08. The van der Waals surface area contributed by atoms with Gasteiger partial charge in [-0.15, -0.1) is 0 Å². The van der Waals surface area contributed by atoms with Gasteiger partial charge in [0.2, 0.25) is 0 Å². The molecule has 3 heteroatoms. The van der Waals surface area contributed by atoms with E-state index in [0.29, 0.717) is 5.56 Å². The first-order valence-corrected chi connectivity index (χ1v) is 7.18. The smallest absolute Gasteiger partial charge is 0.152 e. The van der Waals surface area contributed by atoms with E-state index in [1.807, 2.05) is 41.9 Å². The molecule has 2 aromatic carbocycles. The van der Waals surface area contributed by atoms with E-state index in [-0.39, 0.29) is 0 Å². The predicted octanol–water partition coefficient (Wildman–Crippen LogP) is 4.21. The lowest BCUT2D eigenvalue weighted by Gasteiger charge is -2.09. The average molecular weight is 286 g/mol. The van der Waals surface area contributed by atoms with Crippen LogP contribution in [0.1, 0.15) is 10.4 Å². The number of aromatic nitrogens is 2. The summed E-state index contributed by atoms with van der Waals surface area (Å²) in [6, 6.07) is 18.2. The minimum absolute atomic E-state index is 0.696. The van der Waals surface area contributed by atoms with Gasteiger partial charge in [0.25, 0.3) is 0 Å². The monoisotopic (exact) mass is 286 g/mol. The van der Waals surface area contributed by atoms with Gasteiger partial charge in [-0.1, -0.05) is 42.5 Å². The normalized spacial score (nSPS) is 11.1. The fourth-order valence-electron chi connectivity index (χ4n) is 3.17. The van der Waals surface area contributed by atoms with Crippen LogP contribution in [-0.2, 0) is 7.05 Å². The summed E-state index contributed by atoms with van der Waals surface area (Å²) < 4.78 is 2.00. The molecular weight excluding hydrogens is 272 g/mol. The van der Waals surface area contributed by atoms with Gasteiger partial charge in [0.05, 0.1) is 5.69 Å². The van der Waals surface area contributed by atoms with Crippen molar-refractivity contribution in [3.05, 3.63) is 66.4 Å². The number of pyridine rings is 1. The molecule has 2 heterocycles.